The minimum Gasteiger partial charge on any atom is -0.334 e. The highest BCUT2D eigenvalue weighted by atomic mass is 19.2. The van der Waals surface area contributed by atoms with Crippen LogP contribution in [0.4, 0.5) is 13.2 Å². The van der Waals surface area contributed by atoms with E-state index in [1.165, 1.54) is 0 Å². The summed E-state index contributed by atoms with van der Waals surface area (Å²) < 4.78 is 39.2. The highest BCUT2D eigenvalue weighted by molar-refractivity contribution is 5.95. The highest BCUT2D eigenvalue weighted by Crippen LogP contribution is 2.31. The zero-order valence-corrected chi connectivity index (χ0v) is 11.5. The van der Waals surface area contributed by atoms with Gasteiger partial charge in [-0.3, -0.25) is 4.79 Å². The number of nitriles is 1. The summed E-state index contributed by atoms with van der Waals surface area (Å²) in [6, 6.07) is 3.34. The molecule has 0 unspecified atom stereocenters. The van der Waals surface area contributed by atoms with Gasteiger partial charge in [0, 0.05) is 5.56 Å². The lowest BCUT2D eigenvalue weighted by molar-refractivity contribution is 0.0892. The molecule has 0 bridgehead atoms. The van der Waals surface area contributed by atoms with E-state index in [9.17, 15) is 23.2 Å². The first kappa shape index (κ1) is 15.4. The Balaban J connectivity index is 2.19. The van der Waals surface area contributed by atoms with Crippen LogP contribution >= 0.6 is 0 Å². The molecule has 0 radical (unpaired) electrons. The Labute approximate surface area is 120 Å². The predicted octanol–water partition coefficient (Wildman–Crippen LogP) is 3.31. The maximum absolute atomic E-state index is 13.1. The predicted molar refractivity (Wildman–Crippen MR) is 69.8 cm³/mol. The first-order valence-corrected chi connectivity index (χ1v) is 6.75. The molecule has 112 valence electrons. The highest BCUT2D eigenvalue weighted by Gasteiger charge is 2.36. The molecule has 2 rings (SSSR count). The van der Waals surface area contributed by atoms with Crippen molar-refractivity contribution in [1.29, 1.82) is 5.26 Å². The van der Waals surface area contributed by atoms with E-state index in [1.807, 2.05) is 0 Å². The summed E-state index contributed by atoms with van der Waals surface area (Å²) in [5.74, 6) is -4.77. The van der Waals surface area contributed by atoms with Crippen molar-refractivity contribution in [2.24, 2.45) is 5.92 Å². The standard InChI is InChI=1S/C15H15F3N2O/c1-9-2-4-15(8-19,5-3-9)20-14(21)10-6-11(16)13(18)12(17)7-10/h6-7,9H,2-5H2,1H3,(H,20,21). The third-order valence-electron chi connectivity index (χ3n) is 3.94. The molecule has 1 aromatic rings. The van der Waals surface area contributed by atoms with E-state index in [1.54, 1.807) is 0 Å². The molecule has 0 aromatic heterocycles. The van der Waals surface area contributed by atoms with Gasteiger partial charge >= 0.3 is 0 Å². The lowest BCUT2D eigenvalue weighted by atomic mass is 9.78. The molecule has 1 aromatic carbocycles. The van der Waals surface area contributed by atoms with Gasteiger partial charge in [0.1, 0.15) is 5.54 Å². The minimum atomic E-state index is -1.62. The molecular weight excluding hydrogens is 281 g/mol. The van der Waals surface area contributed by atoms with E-state index in [0.717, 1.165) is 12.8 Å². The van der Waals surface area contributed by atoms with Crippen LogP contribution in [0, 0.1) is 34.7 Å². The molecule has 1 amide bonds. The van der Waals surface area contributed by atoms with Crippen molar-refractivity contribution in [1.82, 2.24) is 5.32 Å². The fourth-order valence-corrected chi connectivity index (χ4v) is 2.50. The smallest absolute Gasteiger partial charge is 0.252 e. The molecule has 1 fully saturated rings. The normalized spacial score (nSPS) is 25.2. The van der Waals surface area contributed by atoms with Crippen LogP contribution in [0.2, 0.25) is 0 Å². The first-order chi connectivity index (χ1) is 9.87. The maximum Gasteiger partial charge on any atom is 0.252 e. The van der Waals surface area contributed by atoms with Crippen LogP contribution in [-0.4, -0.2) is 11.4 Å². The number of benzene rings is 1. The number of hydrogen-bond acceptors (Lipinski definition) is 2. The van der Waals surface area contributed by atoms with Crippen molar-refractivity contribution in [3.63, 3.8) is 0 Å². The summed E-state index contributed by atoms with van der Waals surface area (Å²) in [5.41, 5.74) is -1.36. The Morgan fingerprint density at radius 1 is 1.29 bits per heavy atom. The van der Waals surface area contributed by atoms with Crippen LogP contribution < -0.4 is 5.32 Å². The van der Waals surface area contributed by atoms with E-state index < -0.39 is 28.9 Å². The van der Waals surface area contributed by atoms with Gasteiger partial charge in [0.25, 0.3) is 5.91 Å². The van der Waals surface area contributed by atoms with Gasteiger partial charge in [-0.1, -0.05) is 6.92 Å². The van der Waals surface area contributed by atoms with Crippen molar-refractivity contribution in [2.45, 2.75) is 38.1 Å². The summed E-state index contributed by atoms with van der Waals surface area (Å²) in [6.45, 7) is 2.06. The topological polar surface area (TPSA) is 52.9 Å². The molecular formula is C15H15F3N2O. The summed E-state index contributed by atoms with van der Waals surface area (Å²) in [6.07, 6.45) is 2.56. The van der Waals surface area contributed by atoms with Gasteiger partial charge < -0.3 is 5.32 Å². The second kappa shape index (κ2) is 5.76. The van der Waals surface area contributed by atoms with Gasteiger partial charge in [0.2, 0.25) is 0 Å². The van der Waals surface area contributed by atoms with Gasteiger partial charge in [0.05, 0.1) is 6.07 Å². The fourth-order valence-electron chi connectivity index (χ4n) is 2.50. The zero-order valence-electron chi connectivity index (χ0n) is 11.5. The van der Waals surface area contributed by atoms with Crippen molar-refractivity contribution in [2.75, 3.05) is 0 Å². The molecule has 21 heavy (non-hydrogen) atoms. The first-order valence-electron chi connectivity index (χ1n) is 6.75. The van der Waals surface area contributed by atoms with Crippen LogP contribution in [0.15, 0.2) is 12.1 Å². The third kappa shape index (κ3) is 3.18. The largest absolute Gasteiger partial charge is 0.334 e. The summed E-state index contributed by atoms with van der Waals surface area (Å²) in [5, 5.41) is 11.8. The van der Waals surface area contributed by atoms with Crippen LogP contribution in [0.3, 0.4) is 0 Å². The molecule has 0 spiro atoms. The Kier molecular flexibility index (Phi) is 4.21. The summed E-state index contributed by atoms with van der Waals surface area (Å²) >= 11 is 0. The zero-order chi connectivity index (χ0) is 15.6. The van der Waals surface area contributed by atoms with Crippen molar-refractivity contribution in [3.05, 3.63) is 35.1 Å². The Hall–Kier alpha value is -2.03. The quantitative estimate of drug-likeness (QED) is 0.851. The number of carbonyl (C=O) groups is 1. The van der Waals surface area contributed by atoms with Crippen LogP contribution in [0.5, 0.6) is 0 Å². The molecule has 0 atom stereocenters. The maximum atomic E-state index is 13.1. The van der Waals surface area contributed by atoms with Crippen molar-refractivity contribution in [3.8, 4) is 6.07 Å². The summed E-state index contributed by atoms with van der Waals surface area (Å²) in [7, 11) is 0. The molecule has 0 heterocycles. The fraction of sp³-hybridized carbons (Fsp3) is 0.467. The Bertz CT molecular complexity index is 578. The molecule has 1 N–H and O–H groups in total. The Morgan fingerprint density at radius 2 is 1.81 bits per heavy atom. The molecule has 1 saturated carbocycles. The van der Waals surface area contributed by atoms with E-state index in [4.69, 9.17) is 0 Å². The molecule has 6 heteroatoms. The molecule has 0 saturated heterocycles. The molecule has 1 aliphatic rings. The second-order valence-electron chi connectivity index (χ2n) is 5.58. The van der Waals surface area contributed by atoms with E-state index in [-0.39, 0.29) is 5.56 Å². The van der Waals surface area contributed by atoms with Gasteiger partial charge in [0.15, 0.2) is 17.5 Å². The van der Waals surface area contributed by atoms with Gasteiger partial charge in [-0.2, -0.15) is 5.26 Å². The van der Waals surface area contributed by atoms with Crippen molar-refractivity contribution >= 4 is 5.91 Å². The van der Waals surface area contributed by atoms with Crippen molar-refractivity contribution < 1.29 is 18.0 Å². The monoisotopic (exact) mass is 296 g/mol. The van der Waals surface area contributed by atoms with Gasteiger partial charge in [-0.05, 0) is 43.7 Å². The number of halogens is 3. The second-order valence-corrected chi connectivity index (χ2v) is 5.58. The number of carbonyl (C=O) groups excluding carboxylic acids is 1. The Morgan fingerprint density at radius 3 is 2.29 bits per heavy atom. The van der Waals surface area contributed by atoms with Crippen LogP contribution in [0.25, 0.3) is 0 Å². The molecule has 1 aliphatic carbocycles. The lowest BCUT2D eigenvalue weighted by Gasteiger charge is -2.34. The van der Waals surface area contributed by atoms with E-state index in [0.29, 0.717) is 30.9 Å². The average Bonchev–Trinajstić information content (AvgIpc) is 2.47. The average molecular weight is 296 g/mol. The lowest BCUT2D eigenvalue weighted by Crippen LogP contribution is -2.49. The number of hydrogen-bond donors (Lipinski definition) is 1. The van der Waals surface area contributed by atoms with Crippen LogP contribution in [0.1, 0.15) is 43.0 Å². The third-order valence-corrected chi connectivity index (χ3v) is 3.94. The van der Waals surface area contributed by atoms with E-state index >= 15 is 0 Å². The number of amides is 1. The van der Waals surface area contributed by atoms with Gasteiger partial charge in [-0.15, -0.1) is 0 Å². The number of rotatable bonds is 2. The molecule has 0 aliphatic heterocycles. The molecule has 3 nitrogen and oxygen atoms in total. The van der Waals surface area contributed by atoms with E-state index in [2.05, 4.69) is 18.3 Å². The van der Waals surface area contributed by atoms with Gasteiger partial charge in [-0.25, -0.2) is 13.2 Å². The number of nitrogens with one attached hydrogen (secondary N) is 1. The summed E-state index contributed by atoms with van der Waals surface area (Å²) in [4.78, 5) is 12.1. The number of nitrogens with zero attached hydrogens (tertiary/aromatic N) is 1. The SMILES string of the molecule is CC1CCC(C#N)(NC(=O)c2cc(F)c(F)c(F)c2)CC1. The minimum absolute atomic E-state index is 0.334. The van der Waals surface area contributed by atoms with Crippen LogP contribution in [-0.2, 0) is 0 Å².